The second-order valence-corrected chi connectivity index (χ2v) is 4.84. The number of aromatic nitrogens is 4. The Morgan fingerprint density at radius 3 is 3.00 bits per heavy atom. The van der Waals surface area contributed by atoms with Gasteiger partial charge in [0.25, 0.3) is 0 Å². The molecule has 0 fully saturated rings. The van der Waals surface area contributed by atoms with E-state index in [0.29, 0.717) is 10.8 Å². The topological polar surface area (TPSA) is 46.5 Å². The molecule has 0 radical (unpaired) electrons. The van der Waals surface area contributed by atoms with Crippen LogP contribution in [-0.2, 0) is 0 Å². The van der Waals surface area contributed by atoms with Crippen LogP contribution >= 0.6 is 12.2 Å². The highest BCUT2D eigenvalue weighted by Gasteiger charge is 2.13. The zero-order chi connectivity index (χ0) is 13.0. The van der Waals surface area contributed by atoms with Crippen LogP contribution in [0.4, 0.5) is 0 Å². The van der Waals surface area contributed by atoms with Gasteiger partial charge in [0.2, 0.25) is 0 Å². The Morgan fingerprint density at radius 2 is 2.33 bits per heavy atom. The van der Waals surface area contributed by atoms with E-state index >= 15 is 0 Å². The fraction of sp³-hybridized carbons (Fsp3) is 0.462. The standard InChI is InChI=1S/C13H18N4S/c1-3-4-6-10(2)17-12(15-16-13(17)18)11-7-5-8-14-9-11/h5,7-10H,3-4,6H2,1-2H3,(H,16,18). The Balaban J connectivity index is 2.36. The Hall–Kier alpha value is -1.49. The maximum absolute atomic E-state index is 5.32. The monoisotopic (exact) mass is 262 g/mol. The van der Waals surface area contributed by atoms with Gasteiger partial charge in [-0.3, -0.25) is 14.6 Å². The molecular formula is C13H18N4S. The molecule has 0 saturated heterocycles. The van der Waals surface area contributed by atoms with Crippen LogP contribution in [0.25, 0.3) is 11.4 Å². The van der Waals surface area contributed by atoms with E-state index in [-0.39, 0.29) is 0 Å². The van der Waals surface area contributed by atoms with Gasteiger partial charge in [-0.1, -0.05) is 19.8 Å². The number of aromatic amines is 1. The van der Waals surface area contributed by atoms with Gasteiger partial charge < -0.3 is 0 Å². The molecule has 0 aliphatic carbocycles. The van der Waals surface area contributed by atoms with Crippen LogP contribution in [0.15, 0.2) is 24.5 Å². The second-order valence-electron chi connectivity index (χ2n) is 4.46. The minimum Gasteiger partial charge on any atom is -0.297 e. The second kappa shape index (κ2) is 5.91. The number of hydrogen-bond acceptors (Lipinski definition) is 3. The summed E-state index contributed by atoms with van der Waals surface area (Å²) in [6.07, 6.45) is 7.07. The first-order valence-electron chi connectivity index (χ1n) is 6.31. The molecule has 2 aromatic rings. The maximum Gasteiger partial charge on any atom is 0.195 e. The molecule has 4 nitrogen and oxygen atoms in total. The smallest absolute Gasteiger partial charge is 0.195 e. The third kappa shape index (κ3) is 2.67. The first kappa shape index (κ1) is 13.0. The van der Waals surface area contributed by atoms with Crippen LogP contribution in [0.2, 0.25) is 0 Å². The van der Waals surface area contributed by atoms with Crippen LogP contribution in [0.1, 0.15) is 39.2 Å². The van der Waals surface area contributed by atoms with Crippen molar-refractivity contribution >= 4 is 12.2 Å². The van der Waals surface area contributed by atoms with Gasteiger partial charge in [-0.2, -0.15) is 5.10 Å². The molecule has 0 saturated carbocycles. The fourth-order valence-corrected chi connectivity index (χ4v) is 2.35. The number of hydrogen-bond donors (Lipinski definition) is 1. The van der Waals surface area contributed by atoms with E-state index < -0.39 is 0 Å². The van der Waals surface area contributed by atoms with E-state index in [1.54, 1.807) is 6.20 Å². The third-order valence-corrected chi connectivity index (χ3v) is 3.33. The summed E-state index contributed by atoms with van der Waals surface area (Å²) in [5.74, 6) is 0.872. The number of nitrogens with zero attached hydrogens (tertiary/aromatic N) is 3. The van der Waals surface area contributed by atoms with Gasteiger partial charge in [0.05, 0.1) is 0 Å². The Kier molecular flexibility index (Phi) is 4.25. The molecule has 0 aromatic carbocycles. The summed E-state index contributed by atoms with van der Waals surface area (Å²) in [6.45, 7) is 4.38. The highest BCUT2D eigenvalue weighted by Crippen LogP contribution is 2.23. The summed E-state index contributed by atoms with van der Waals surface area (Å²) < 4.78 is 2.76. The number of H-pyrrole nitrogens is 1. The Labute approximate surface area is 112 Å². The van der Waals surface area contributed by atoms with Crippen LogP contribution < -0.4 is 0 Å². The minimum absolute atomic E-state index is 0.353. The minimum atomic E-state index is 0.353. The summed E-state index contributed by atoms with van der Waals surface area (Å²) in [4.78, 5) is 4.13. The highest BCUT2D eigenvalue weighted by atomic mass is 32.1. The summed E-state index contributed by atoms with van der Waals surface area (Å²) >= 11 is 5.32. The third-order valence-electron chi connectivity index (χ3n) is 3.04. The molecule has 0 aliphatic rings. The molecule has 2 rings (SSSR count). The van der Waals surface area contributed by atoms with Crippen molar-refractivity contribution in [1.29, 1.82) is 0 Å². The molecule has 0 spiro atoms. The van der Waals surface area contributed by atoms with Crippen molar-refractivity contribution in [3.05, 3.63) is 29.3 Å². The largest absolute Gasteiger partial charge is 0.297 e. The molecule has 1 N–H and O–H groups in total. The zero-order valence-electron chi connectivity index (χ0n) is 10.8. The lowest BCUT2D eigenvalue weighted by atomic mass is 10.1. The van der Waals surface area contributed by atoms with E-state index in [1.165, 1.54) is 12.8 Å². The predicted octanol–water partition coefficient (Wildman–Crippen LogP) is 3.75. The fourth-order valence-electron chi connectivity index (χ4n) is 2.04. The van der Waals surface area contributed by atoms with Gasteiger partial charge in [-0.25, -0.2) is 0 Å². The number of unbranched alkanes of at least 4 members (excludes halogenated alkanes) is 1. The first-order chi connectivity index (χ1) is 8.74. The van der Waals surface area contributed by atoms with Crippen LogP contribution in [0, 0.1) is 4.77 Å². The average molecular weight is 262 g/mol. The van der Waals surface area contributed by atoms with E-state index in [1.807, 2.05) is 18.3 Å². The summed E-state index contributed by atoms with van der Waals surface area (Å²) in [5.41, 5.74) is 0.994. The van der Waals surface area contributed by atoms with Crippen LogP contribution in [-0.4, -0.2) is 19.7 Å². The molecule has 96 valence electrons. The van der Waals surface area contributed by atoms with Gasteiger partial charge in [-0.15, -0.1) is 0 Å². The SMILES string of the molecule is CCCCC(C)n1c(-c2cccnc2)n[nH]c1=S. The van der Waals surface area contributed by atoms with Crippen molar-refractivity contribution in [3.8, 4) is 11.4 Å². The summed E-state index contributed by atoms with van der Waals surface area (Å²) in [7, 11) is 0. The molecule has 5 heteroatoms. The quantitative estimate of drug-likeness (QED) is 0.835. The Bertz CT molecular complexity index is 544. The molecule has 1 atom stereocenters. The van der Waals surface area contributed by atoms with Crippen molar-refractivity contribution in [2.24, 2.45) is 0 Å². The molecular weight excluding hydrogens is 244 g/mol. The maximum atomic E-state index is 5.32. The summed E-state index contributed by atoms with van der Waals surface area (Å²) in [6, 6.07) is 4.26. The Morgan fingerprint density at radius 1 is 1.50 bits per heavy atom. The van der Waals surface area contributed by atoms with Crippen molar-refractivity contribution in [1.82, 2.24) is 19.7 Å². The van der Waals surface area contributed by atoms with Gasteiger partial charge in [0.1, 0.15) is 0 Å². The molecule has 2 heterocycles. The number of rotatable bonds is 5. The van der Waals surface area contributed by atoms with E-state index in [9.17, 15) is 0 Å². The normalized spacial score (nSPS) is 12.6. The van der Waals surface area contributed by atoms with E-state index in [0.717, 1.165) is 17.8 Å². The average Bonchev–Trinajstić information content (AvgIpc) is 2.79. The molecule has 0 amide bonds. The highest BCUT2D eigenvalue weighted by molar-refractivity contribution is 7.71. The molecule has 0 bridgehead atoms. The van der Waals surface area contributed by atoms with Crippen molar-refractivity contribution in [2.75, 3.05) is 0 Å². The lowest BCUT2D eigenvalue weighted by Gasteiger charge is -2.15. The van der Waals surface area contributed by atoms with Crippen molar-refractivity contribution in [2.45, 2.75) is 39.2 Å². The number of pyridine rings is 1. The van der Waals surface area contributed by atoms with E-state index in [4.69, 9.17) is 12.2 Å². The predicted molar refractivity (Wildman–Crippen MR) is 74.9 cm³/mol. The molecule has 1 unspecified atom stereocenters. The first-order valence-corrected chi connectivity index (χ1v) is 6.72. The van der Waals surface area contributed by atoms with Crippen molar-refractivity contribution < 1.29 is 0 Å². The lowest BCUT2D eigenvalue weighted by molar-refractivity contribution is 0.484. The summed E-state index contributed by atoms with van der Waals surface area (Å²) in [5, 5.41) is 7.20. The van der Waals surface area contributed by atoms with Crippen molar-refractivity contribution in [3.63, 3.8) is 0 Å². The number of nitrogens with one attached hydrogen (secondary N) is 1. The van der Waals surface area contributed by atoms with Gasteiger partial charge in [-0.05, 0) is 37.7 Å². The van der Waals surface area contributed by atoms with Crippen LogP contribution in [0.5, 0.6) is 0 Å². The lowest BCUT2D eigenvalue weighted by Crippen LogP contribution is -2.07. The molecule has 2 aromatic heterocycles. The van der Waals surface area contributed by atoms with Gasteiger partial charge in [0, 0.05) is 24.0 Å². The van der Waals surface area contributed by atoms with Gasteiger partial charge in [0.15, 0.2) is 10.6 Å². The van der Waals surface area contributed by atoms with E-state index in [2.05, 4.69) is 33.6 Å². The molecule has 0 aliphatic heterocycles. The zero-order valence-corrected chi connectivity index (χ0v) is 11.6. The van der Waals surface area contributed by atoms with Crippen LogP contribution in [0.3, 0.4) is 0 Å². The van der Waals surface area contributed by atoms with Gasteiger partial charge >= 0.3 is 0 Å². The molecule has 18 heavy (non-hydrogen) atoms.